The maximum absolute atomic E-state index is 5.06. The fourth-order valence-electron chi connectivity index (χ4n) is 0.808. The van der Waals surface area contributed by atoms with Crippen LogP contribution in [0.2, 0.25) is 0 Å². The number of furan rings is 1. The quantitative estimate of drug-likeness (QED) is 0.575. The van der Waals surface area contributed by atoms with Crippen molar-refractivity contribution >= 4 is 11.0 Å². The van der Waals surface area contributed by atoms with Crippen LogP contribution in [0, 0.1) is 0 Å². The van der Waals surface area contributed by atoms with Gasteiger partial charge in [-0.15, -0.1) is 0 Å². The number of hydrogen-bond acceptors (Lipinski definition) is 2. The minimum atomic E-state index is 0.845. The molecule has 0 aliphatic carbocycles. The first-order chi connectivity index (χ1) is 5.47. The van der Waals surface area contributed by atoms with Crippen LogP contribution in [0.25, 0.3) is 11.0 Å². The largest absolute Gasteiger partial charge is 0.463 e. The van der Waals surface area contributed by atoms with Gasteiger partial charge in [0.25, 0.3) is 0 Å². The second kappa shape index (κ2) is 3.76. The Kier molecular flexibility index (Phi) is 2.66. The van der Waals surface area contributed by atoms with Crippen LogP contribution < -0.4 is 0 Å². The van der Waals surface area contributed by atoms with Crippen molar-refractivity contribution in [2.24, 2.45) is 0 Å². The van der Waals surface area contributed by atoms with E-state index in [-0.39, 0.29) is 0 Å². The third-order valence-electron chi connectivity index (χ3n) is 1.26. The lowest BCUT2D eigenvalue weighted by atomic mass is 10.3. The highest BCUT2D eigenvalue weighted by molar-refractivity contribution is 5.75. The fraction of sp³-hybridized carbons (Fsp3) is 0.222. The highest BCUT2D eigenvalue weighted by Gasteiger charge is 1.90. The number of fused-ring (bicyclic) bond motifs is 1. The molecule has 0 aliphatic rings. The van der Waals surface area contributed by atoms with Gasteiger partial charge in [0.05, 0.1) is 12.5 Å². The molecule has 0 atom stereocenters. The van der Waals surface area contributed by atoms with Crippen molar-refractivity contribution in [3.8, 4) is 0 Å². The Morgan fingerprint density at radius 3 is 2.82 bits per heavy atom. The second-order valence-corrected chi connectivity index (χ2v) is 1.83. The Morgan fingerprint density at radius 1 is 1.27 bits per heavy atom. The number of rotatable bonds is 0. The molecule has 2 aromatic rings. The van der Waals surface area contributed by atoms with Crippen LogP contribution in [-0.4, -0.2) is 4.98 Å². The van der Waals surface area contributed by atoms with E-state index < -0.39 is 0 Å². The van der Waals surface area contributed by atoms with Gasteiger partial charge in [0.2, 0.25) is 0 Å². The van der Waals surface area contributed by atoms with Crippen LogP contribution in [0.4, 0.5) is 0 Å². The standard InChI is InChI=1S/C7H5NO.C2H6/c1-3-8-5-7-6(1)2-4-9-7;1-2/h1-5H;1-2H3. The SMILES string of the molecule is CC.c1cc2ccoc2cn1. The zero-order valence-corrected chi connectivity index (χ0v) is 6.74. The van der Waals surface area contributed by atoms with Gasteiger partial charge in [-0.1, -0.05) is 13.8 Å². The summed E-state index contributed by atoms with van der Waals surface area (Å²) in [5, 5.41) is 1.10. The molecule has 0 unspecified atom stereocenters. The van der Waals surface area contributed by atoms with Crippen molar-refractivity contribution in [1.82, 2.24) is 4.98 Å². The summed E-state index contributed by atoms with van der Waals surface area (Å²) in [6, 6.07) is 3.83. The fourth-order valence-corrected chi connectivity index (χ4v) is 0.808. The monoisotopic (exact) mass is 149 g/mol. The molecule has 0 saturated heterocycles. The maximum Gasteiger partial charge on any atom is 0.152 e. The summed E-state index contributed by atoms with van der Waals surface area (Å²) in [5.41, 5.74) is 0.845. The lowest BCUT2D eigenvalue weighted by Gasteiger charge is -1.80. The van der Waals surface area contributed by atoms with Crippen LogP contribution in [-0.2, 0) is 0 Å². The second-order valence-electron chi connectivity index (χ2n) is 1.83. The van der Waals surface area contributed by atoms with Gasteiger partial charge in [-0.3, -0.25) is 4.98 Å². The normalized spacial score (nSPS) is 8.91. The van der Waals surface area contributed by atoms with Crippen molar-refractivity contribution in [1.29, 1.82) is 0 Å². The molecule has 0 spiro atoms. The first-order valence-corrected chi connectivity index (χ1v) is 3.74. The molecule has 0 amide bonds. The molecule has 2 rings (SSSR count). The summed E-state index contributed by atoms with van der Waals surface area (Å²) in [6.45, 7) is 4.00. The van der Waals surface area contributed by atoms with Gasteiger partial charge in [0, 0.05) is 11.6 Å². The molecule has 2 heterocycles. The van der Waals surface area contributed by atoms with Crippen molar-refractivity contribution < 1.29 is 4.42 Å². The summed E-state index contributed by atoms with van der Waals surface area (Å²) in [6.07, 6.45) is 5.11. The topological polar surface area (TPSA) is 26.0 Å². The highest BCUT2D eigenvalue weighted by atomic mass is 16.3. The van der Waals surface area contributed by atoms with Crippen molar-refractivity contribution in [3.05, 3.63) is 30.8 Å². The van der Waals surface area contributed by atoms with Gasteiger partial charge in [0.15, 0.2) is 5.58 Å². The van der Waals surface area contributed by atoms with Crippen LogP contribution in [0.1, 0.15) is 13.8 Å². The van der Waals surface area contributed by atoms with E-state index in [4.69, 9.17) is 4.42 Å². The van der Waals surface area contributed by atoms with Crippen molar-refractivity contribution in [2.45, 2.75) is 13.8 Å². The first kappa shape index (κ1) is 7.79. The zero-order valence-electron chi connectivity index (χ0n) is 6.74. The van der Waals surface area contributed by atoms with E-state index in [9.17, 15) is 0 Å². The Morgan fingerprint density at radius 2 is 2.09 bits per heavy atom. The lowest BCUT2D eigenvalue weighted by molar-refractivity contribution is 0.614. The predicted octanol–water partition coefficient (Wildman–Crippen LogP) is 2.85. The average molecular weight is 149 g/mol. The molecule has 0 N–H and O–H groups in total. The lowest BCUT2D eigenvalue weighted by Crippen LogP contribution is -1.65. The molecular formula is C9H11NO. The van der Waals surface area contributed by atoms with E-state index in [1.165, 1.54) is 0 Å². The van der Waals surface area contributed by atoms with E-state index >= 15 is 0 Å². The van der Waals surface area contributed by atoms with Gasteiger partial charge in [0.1, 0.15) is 0 Å². The number of hydrogen-bond donors (Lipinski definition) is 0. The zero-order chi connectivity index (χ0) is 8.10. The molecule has 0 radical (unpaired) electrons. The molecule has 0 fully saturated rings. The van der Waals surface area contributed by atoms with Gasteiger partial charge < -0.3 is 4.42 Å². The van der Waals surface area contributed by atoms with Gasteiger partial charge in [-0.25, -0.2) is 0 Å². The van der Waals surface area contributed by atoms with Crippen LogP contribution in [0.15, 0.2) is 35.2 Å². The molecule has 0 bridgehead atoms. The molecule has 2 heteroatoms. The average Bonchev–Trinajstić information content (AvgIpc) is 2.55. The number of nitrogens with zero attached hydrogens (tertiary/aromatic N) is 1. The van der Waals surface area contributed by atoms with E-state index in [0.29, 0.717) is 0 Å². The van der Waals surface area contributed by atoms with E-state index in [0.717, 1.165) is 11.0 Å². The molecule has 0 saturated carbocycles. The van der Waals surface area contributed by atoms with E-state index in [2.05, 4.69) is 4.98 Å². The van der Waals surface area contributed by atoms with E-state index in [1.54, 1.807) is 18.7 Å². The first-order valence-electron chi connectivity index (χ1n) is 3.74. The third kappa shape index (κ3) is 1.58. The summed E-state index contributed by atoms with van der Waals surface area (Å²) >= 11 is 0. The minimum Gasteiger partial charge on any atom is -0.463 e. The minimum absolute atomic E-state index is 0.845. The molecular weight excluding hydrogens is 138 g/mol. The summed E-state index contributed by atoms with van der Waals surface area (Å²) in [5.74, 6) is 0. The Bertz CT molecular complexity index is 284. The van der Waals surface area contributed by atoms with Crippen LogP contribution >= 0.6 is 0 Å². The maximum atomic E-state index is 5.06. The van der Waals surface area contributed by atoms with Gasteiger partial charge in [-0.2, -0.15) is 0 Å². The van der Waals surface area contributed by atoms with Crippen LogP contribution in [0.3, 0.4) is 0 Å². The summed E-state index contributed by atoms with van der Waals surface area (Å²) in [7, 11) is 0. The third-order valence-corrected chi connectivity index (χ3v) is 1.26. The highest BCUT2D eigenvalue weighted by Crippen LogP contribution is 2.11. The molecule has 2 aromatic heterocycles. The van der Waals surface area contributed by atoms with Crippen molar-refractivity contribution in [3.63, 3.8) is 0 Å². The predicted molar refractivity (Wildman–Crippen MR) is 45.4 cm³/mol. The van der Waals surface area contributed by atoms with Crippen molar-refractivity contribution in [2.75, 3.05) is 0 Å². The molecule has 0 aromatic carbocycles. The Hall–Kier alpha value is -1.31. The Labute approximate surface area is 65.9 Å². The van der Waals surface area contributed by atoms with Gasteiger partial charge in [-0.05, 0) is 12.1 Å². The smallest absolute Gasteiger partial charge is 0.152 e. The number of aromatic nitrogens is 1. The molecule has 0 aliphatic heterocycles. The van der Waals surface area contributed by atoms with Crippen LogP contribution in [0.5, 0.6) is 0 Å². The number of pyridine rings is 1. The van der Waals surface area contributed by atoms with E-state index in [1.807, 2.05) is 26.0 Å². The molecule has 11 heavy (non-hydrogen) atoms. The summed E-state index contributed by atoms with van der Waals surface area (Å²) in [4.78, 5) is 3.89. The molecule has 2 nitrogen and oxygen atoms in total. The van der Waals surface area contributed by atoms with Gasteiger partial charge >= 0.3 is 0 Å². The Balaban J connectivity index is 0.000000281. The summed E-state index contributed by atoms with van der Waals surface area (Å²) < 4.78 is 5.06. The molecule has 58 valence electrons.